The predicted octanol–water partition coefficient (Wildman–Crippen LogP) is 1.41. The van der Waals surface area contributed by atoms with Crippen LogP contribution in [0, 0.1) is 5.82 Å². The minimum Gasteiger partial charge on any atom is -0.315 e. The number of benzene rings is 1. The van der Waals surface area contributed by atoms with E-state index in [0.29, 0.717) is 18.2 Å². The summed E-state index contributed by atoms with van der Waals surface area (Å²) in [7, 11) is 3.18. The highest BCUT2D eigenvalue weighted by atomic mass is 19.1. The van der Waals surface area contributed by atoms with E-state index < -0.39 is 0 Å². The van der Waals surface area contributed by atoms with Gasteiger partial charge >= 0.3 is 5.69 Å². The second-order valence-corrected chi connectivity index (χ2v) is 7.75. The topological polar surface area (TPSA) is 59.3 Å². The molecule has 0 amide bonds. The lowest BCUT2D eigenvalue weighted by Gasteiger charge is -2.34. The van der Waals surface area contributed by atoms with Gasteiger partial charge in [-0.15, -0.1) is 0 Å². The molecule has 1 aliphatic rings. The molecule has 1 N–H and O–H groups in total. The van der Waals surface area contributed by atoms with Crippen molar-refractivity contribution >= 4 is 0 Å². The minimum atomic E-state index is -0.318. The van der Waals surface area contributed by atoms with Crippen LogP contribution >= 0.6 is 0 Å². The quantitative estimate of drug-likeness (QED) is 0.779. The second kappa shape index (κ2) is 8.84. The number of hydrogen-bond donors (Lipinski definition) is 1. The maximum atomic E-state index is 13.5. The van der Waals surface area contributed by atoms with Crippen molar-refractivity contribution in [1.29, 1.82) is 0 Å². The van der Waals surface area contributed by atoms with Gasteiger partial charge in [0.05, 0.1) is 0 Å². The van der Waals surface area contributed by atoms with Gasteiger partial charge in [-0.2, -0.15) is 0 Å². The van der Waals surface area contributed by atoms with Crippen LogP contribution in [-0.2, 0) is 27.1 Å². The third-order valence-corrected chi connectivity index (χ3v) is 5.68. The van der Waals surface area contributed by atoms with E-state index in [0.717, 1.165) is 42.5 Å². The lowest BCUT2D eigenvalue weighted by Crippen LogP contribution is -2.46. The van der Waals surface area contributed by atoms with Gasteiger partial charge in [0, 0.05) is 51.0 Å². The standard InChI is InChI=1S/C21H29FN4O2/c1-15(7-8-16-5-4-6-18(22)11-16)26(19-9-10-23-12-19)14-17-13-24(2)21(28)25(3)20(17)27/h4-6,11,13,15,19,23H,7-10,12,14H2,1-3H3/t15-,19-/m1/s1. The van der Waals surface area contributed by atoms with Crippen LogP contribution in [0.4, 0.5) is 4.39 Å². The number of halogens is 1. The van der Waals surface area contributed by atoms with Crippen LogP contribution in [-0.4, -0.2) is 39.2 Å². The van der Waals surface area contributed by atoms with Crippen molar-refractivity contribution in [2.45, 2.75) is 44.8 Å². The van der Waals surface area contributed by atoms with E-state index in [-0.39, 0.29) is 23.1 Å². The fourth-order valence-electron chi connectivity index (χ4n) is 3.99. The van der Waals surface area contributed by atoms with Crippen molar-refractivity contribution in [2.24, 2.45) is 14.1 Å². The largest absolute Gasteiger partial charge is 0.330 e. The normalized spacial score (nSPS) is 18.0. The van der Waals surface area contributed by atoms with E-state index in [2.05, 4.69) is 17.1 Å². The summed E-state index contributed by atoms with van der Waals surface area (Å²) < 4.78 is 16.1. The summed E-state index contributed by atoms with van der Waals surface area (Å²) in [6.07, 6.45) is 4.32. The van der Waals surface area contributed by atoms with Crippen molar-refractivity contribution in [1.82, 2.24) is 19.4 Å². The van der Waals surface area contributed by atoms with Crippen molar-refractivity contribution in [2.75, 3.05) is 13.1 Å². The lowest BCUT2D eigenvalue weighted by molar-refractivity contribution is 0.136. The molecular weight excluding hydrogens is 359 g/mol. The molecule has 2 heterocycles. The Morgan fingerprint density at radius 2 is 2.11 bits per heavy atom. The summed E-state index contributed by atoms with van der Waals surface area (Å²) in [5.74, 6) is -0.212. The van der Waals surface area contributed by atoms with Crippen molar-refractivity contribution in [3.8, 4) is 0 Å². The predicted molar refractivity (Wildman–Crippen MR) is 108 cm³/mol. The summed E-state index contributed by atoms with van der Waals surface area (Å²) in [4.78, 5) is 26.9. The van der Waals surface area contributed by atoms with E-state index in [9.17, 15) is 14.0 Å². The molecule has 28 heavy (non-hydrogen) atoms. The van der Waals surface area contributed by atoms with E-state index >= 15 is 0 Å². The van der Waals surface area contributed by atoms with Gasteiger partial charge < -0.3 is 9.88 Å². The molecule has 2 aromatic rings. The molecule has 1 fully saturated rings. The van der Waals surface area contributed by atoms with Gasteiger partial charge in [0.15, 0.2) is 0 Å². The fraction of sp³-hybridized carbons (Fsp3) is 0.524. The molecule has 3 rings (SSSR count). The summed E-state index contributed by atoms with van der Waals surface area (Å²) in [6, 6.07) is 7.28. The number of aryl methyl sites for hydroxylation is 2. The Bertz CT molecular complexity index is 931. The Morgan fingerprint density at radius 3 is 2.79 bits per heavy atom. The first-order valence-electron chi connectivity index (χ1n) is 9.83. The molecule has 0 bridgehead atoms. The summed E-state index contributed by atoms with van der Waals surface area (Å²) >= 11 is 0. The van der Waals surface area contributed by atoms with Crippen LogP contribution in [0.5, 0.6) is 0 Å². The third-order valence-electron chi connectivity index (χ3n) is 5.68. The highest BCUT2D eigenvalue weighted by Crippen LogP contribution is 2.19. The Kier molecular flexibility index (Phi) is 6.46. The summed E-state index contributed by atoms with van der Waals surface area (Å²) in [5, 5.41) is 3.39. The van der Waals surface area contributed by atoms with Crippen LogP contribution in [0.15, 0.2) is 40.1 Å². The summed E-state index contributed by atoms with van der Waals surface area (Å²) in [5.41, 5.74) is 1.04. The molecule has 0 unspecified atom stereocenters. The van der Waals surface area contributed by atoms with E-state index in [4.69, 9.17) is 0 Å². The van der Waals surface area contributed by atoms with Crippen LogP contribution in [0.2, 0.25) is 0 Å². The highest BCUT2D eigenvalue weighted by Gasteiger charge is 2.27. The summed E-state index contributed by atoms with van der Waals surface area (Å²) in [6.45, 7) is 4.50. The van der Waals surface area contributed by atoms with Gasteiger partial charge in [0.2, 0.25) is 0 Å². The molecule has 0 aliphatic carbocycles. The SMILES string of the molecule is C[C@H](CCc1cccc(F)c1)N(Cc1cn(C)c(=O)n(C)c1=O)[C@@H]1CCNC1. The van der Waals surface area contributed by atoms with Crippen LogP contribution in [0.25, 0.3) is 0 Å². The number of aromatic nitrogens is 2. The lowest BCUT2D eigenvalue weighted by atomic mass is 10.0. The van der Waals surface area contributed by atoms with Gasteiger partial charge in [-0.25, -0.2) is 9.18 Å². The molecule has 1 aliphatic heterocycles. The highest BCUT2D eigenvalue weighted by molar-refractivity contribution is 5.16. The molecule has 152 valence electrons. The molecule has 0 saturated carbocycles. The van der Waals surface area contributed by atoms with E-state index in [1.807, 2.05) is 6.07 Å². The third kappa shape index (κ3) is 4.59. The molecule has 6 nitrogen and oxygen atoms in total. The second-order valence-electron chi connectivity index (χ2n) is 7.75. The zero-order valence-electron chi connectivity index (χ0n) is 16.8. The van der Waals surface area contributed by atoms with E-state index in [1.165, 1.54) is 17.7 Å². The molecule has 1 saturated heterocycles. The Morgan fingerprint density at radius 1 is 1.32 bits per heavy atom. The zero-order chi connectivity index (χ0) is 20.3. The minimum absolute atomic E-state index is 0.212. The van der Waals surface area contributed by atoms with Crippen LogP contribution < -0.4 is 16.6 Å². The van der Waals surface area contributed by atoms with Gasteiger partial charge in [-0.3, -0.25) is 14.3 Å². The molecule has 1 aromatic heterocycles. The first-order chi connectivity index (χ1) is 13.4. The fourth-order valence-corrected chi connectivity index (χ4v) is 3.99. The monoisotopic (exact) mass is 388 g/mol. The zero-order valence-corrected chi connectivity index (χ0v) is 16.8. The average Bonchev–Trinajstić information content (AvgIpc) is 3.20. The van der Waals surface area contributed by atoms with Gasteiger partial charge in [-0.05, 0) is 50.4 Å². The smallest absolute Gasteiger partial charge is 0.315 e. The number of hydrogen-bond acceptors (Lipinski definition) is 4. The molecular formula is C21H29FN4O2. The molecule has 1 aromatic carbocycles. The van der Waals surface area contributed by atoms with E-state index in [1.54, 1.807) is 25.4 Å². The van der Waals surface area contributed by atoms with Crippen molar-refractivity contribution in [3.05, 3.63) is 68.2 Å². The number of nitrogens with one attached hydrogen (secondary N) is 1. The molecule has 0 spiro atoms. The van der Waals surface area contributed by atoms with Gasteiger partial charge in [0.25, 0.3) is 5.56 Å². The van der Waals surface area contributed by atoms with Crippen molar-refractivity contribution in [3.63, 3.8) is 0 Å². The maximum Gasteiger partial charge on any atom is 0.330 e. The Hall–Kier alpha value is -2.25. The van der Waals surface area contributed by atoms with Gasteiger partial charge in [-0.1, -0.05) is 12.1 Å². The average molecular weight is 388 g/mol. The first-order valence-corrected chi connectivity index (χ1v) is 9.83. The van der Waals surface area contributed by atoms with Crippen LogP contribution in [0.3, 0.4) is 0 Å². The number of rotatable bonds is 7. The maximum absolute atomic E-state index is 13.5. The Balaban J connectivity index is 1.79. The van der Waals surface area contributed by atoms with Crippen molar-refractivity contribution < 1.29 is 4.39 Å². The molecule has 0 radical (unpaired) electrons. The first kappa shape index (κ1) is 20.5. The molecule has 7 heteroatoms. The van der Waals surface area contributed by atoms with Crippen LogP contribution in [0.1, 0.15) is 30.9 Å². The van der Waals surface area contributed by atoms with Gasteiger partial charge in [0.1, 0.15) is 5.82 Å². The molecule has 2 atom stereocenters. The Labute approximate surface area is 164 Å². The number of nitrogens with zero attached hydrogens (tertiary/aromatic N) is 3.